The predicted octanol–water partition coefficient (Wildman–Crippen LogP) is 1.68. The van der Waals surface area contributed by atoms with E-state index in [1.54, 1.807) is 27.7 Å². The highest BCUT2D eigenvalue weighted by atomic mass is 16.6. The zero-order valence-electron chi connectivity index (χ0n) is 13.6. The first-order valence-corrected chi connectivity index (χ1v) is 7.25. The maximum absolute atomic E-state index is 12.2. The molecule has 0 N–H and O–H groups in total. The summed E-state index contributed by atoms with van der Waals surface area (Å²) in [6.45, 7) is 7.97. The number of imide groups is 1. The summed E-state index contributed by atoms with van der Waals surface area (Å²) in [5.74, 6) is -1.57. The second-order valence-electron chi connectivity index (χ2n) is 6.34. The topological polar surface area (TPSA) is 90.0 Å². The molecule has 22 heavy (non-hydrogen) atoms. The molecule has 0 aromatic rings. The van der Waals surface area contributed by atoms with Crippen molar-refractivity contribution in [3.8, 4) is 0 Å². The van der Waals surface area contributed by atoms with Crippen LogP contribution in [0.4, 0.5) is 4.79 Å². The Hall–Kier alpha value is -1.92. The first-order valence-electron chi connectivity index (χ1n) is 7.25. The van der Waals surface area contributed by atoms with Gasteiger partial charge in [0, 0.05) is 13.3 Å². The number of nitrogens with zero attached hydrogens (tertiary/aromatic N) is 1. The summed E-state index contributed by atoms with van der Waals surface area (Å²) in [6.07, 6.45) is -0.130. The van der Waals surface area contributed by atoms with Gasteiger partial charge < -0.3 is 14.3 Å². The summed E-state index contributed by atoms with van der Waals surface area (Å²) in [6, 6.07) is -0.498. The number of aldehydes is 1. The van der Waals surface area contributed by atoms with Crippen molar-refractivity contribution in [3.63, 3.8) is 0 Å². The first-order chi connectivity index (χ1) is 10.1. The zero-order valence-corrected chi connectivity index (χ0v) is 13.6. The summed E-state index contributed by atoms with van der Waals surface area (Å²) < 4.78 is 10.2. The maximum Gasteiger partial charge on any atom is 0.417 e. The lowest BCUT2D eigenvalue weighted by molar-refractivity contribution is -0.170. The van der Waals surface area contributed by atoms with Gasteiger partial charge in [-0.05, 0) is 34.1 Å². The molecule has 124 valence electrons. The van der Waals surface area contributed by atoms with E-state index < -0.39 is 41.6 Å². The van der Waals surface area contributed by atoms with Gasteiger partial charge in [-0.1, -0.05) is 0 Å². The van der Waals surface area contributed by atoms with Crippen LogP contribution in [0.15, 0.2) is 0 Å². The number of ether oxygens (including phenoxy) is 2. The number of hydrogen-bond acceptors (Lipinski definition) is 6. The molecule has 1 heterocycles. The second kappa shape index (κ2) is 6.89. The van der Waals surface area contributed by atoms with E-state index in [-0.39, 0.29) is 6.42 Å². The highest BCUT2D eigenvalue weighted by molar-refractivity contribution is 6.00. The smallest absolute Gasteiger partial charge is 0.417 e. The number of likely N-dealkylation sites (tertiary alicyclic amines) is 1. The monoisotopic (exact) mass is 313 g/mol. The summed E-state index contributed by atoms with van der Waals surface area (Å²) in [7, 11) is 0. The Morgan fingerprint density at radius 1 is 1.36 bits per heavy atom. The minimum Gasteiger partial charge on any atom is -0.462 e. The Morgan fingerprint density at radius 2 is 1.95 bits per heavy atom. The van der Waals surface area contributed by atoms with Crippen molar-refractivity contribution < 1.29 is 28.7 Å². The number of carbonyl (C=O) groups excluding carboxylic acids is 4. The van der Waals surface area contributed by atoms with E-state index in [9.17, 15) is 19.2 Å². The Morgan fingerprint density at radius 3 is 2.41 bits per heavy atom. The van der Waals surface area contributed by atoms with Crippen LogP contribution < -0.4 is 0 Å². The summed E-state index contributed by atoms with van der Waals surface area (Å²) in [4.78, 5) is 47.0. The molecule has 1 aliphatic heterocycles. The van der Waals surface area contributed by atoms with Crippen LogP contribution in [0.3, 0.4) is 0 Å². The van der Waals surface area contributed by atoms with E-state index >= 15 is 0 Å². The van der Waals surface area contributed by atoms with Crippen LogP contribution in [0.2, 0.25) is 0 Å². The number of carbonyl (C=O) groups is 4. The fourth-order valence-electron chi connectivity index (χ4n) is 2.50. The zero-order chi connectivity index (χ0) is 17.1. The molecule has 0 aromatic carbocycles. The van der Waals surface area contributed by atoms with Crippen molar-refractivity contribution in [2.45, 2.75) is 65.2 Å². The molecule has 0 aromatic heterocycles. The molecule has 7 nitrogen and oxygen atoms in total. The molecule has 7 heteroatoms. The fraction of sp³-hybridized carbons (Fsp3) is 0.733. The predicted molar refractivity (Wildman–Crippen MR) is 76.9 cm³/mol. The van der Waals surface area contributed by atoms with Gasteiger partial charge in [0.25, 0.3) is 0 Å². The third-order valence-electron chi connectivity index (χ3n) is 3.30. The fourth-order valence-corrected chi connectivity index (χ4v) is 2.50. The van der Waals surface area contributed by atoms with Crippen molar-refractivity contribution in [3.05, 3.63) is 0 Å². The Kier molecular flexibility index (Phi) is 5.68. The average molecular weight is 313 g/mol. The molecule has 0 unspecified atom stereocenters. The van der Waals surface area contributed by atoms with Crippen molar-refractivity contribution in [2.24, 2.45) is 5.92 Å². The molecule has 0 bridgehead atoms. The molecule has 0 radical (unpaired) electrons. The Labute approximate surface area is 129 Å². The third kappa shape index (κ3) is 4.29. The Balaban J connectivity index is 2.85. The van der Waals surface area contributed by atoms with E-state index in [0.29, 0.717) is 6.42 Å². The number of rotatable bonds is 5. The van der Waals surface area contributed by atoms with Crippen LogP contribution in [0.5, 0.6) is 0 Å². The summed E-state index contributed by atoms with van der Waals surface area (Å²) in [5, 5.41) is 0. The van der Waals surface area contributed by atoms with Crippen molar-refractivity contribution >= 4 is 24.3 Å². The molecular formula is C15H23NO6. The van der Waals surface area contributed by atoms with Gasteiger partial charge in [0.05, 0.1) is 12.0 Å². The van der Waals surface area contributed by atoms with Crippen LogP contribution in [-0.4, -0.2) is 46.9 Å². The van der Waals surface area contributed by atoms with E-state index in [1.165, 1.54) is 6.92 Å². The van der Waals surface area contributed by atoms with Gasteiger partial charge in [-0.2, -0.15) is 0 Å². The van der Waals surface area contributed by atoms with E-state index in [0.717, 1.165) is 11.2 Å². The summed E-state index contributed by atoms with van der Waals surface area (Å²) in [5.41, 5.74) is -0.723. The molecule has 3 atom stereocenters. The van der Waals surface area contributed by atoms with Gasteiger partial charge in [-0.25, -0.2) is 9.69 Å². The van der Waals surface area contributed by atoms with Gasteiger partial charge >= 0.3 is 12.1 Å². The largest absolute Gasteiger partial charge is 0.462 e. The second-order valence-corrected chi connectivity index (χ2v) is 6.34. The third-order valence-corrected chi connectivity index (χ3v) is 3.30. The number of esters is 1. The molecule has 1 fully saturated rings. The summed E-state index contributed by atoms with van der Waals surface area (Å²) >= 11 is 0. The normalized spacial score (nSPS) is 22.6. The van der Waals surface area contributed by atoms with Crippen molar-refractivity contribution in [1.29, 1.82) is 0 Å². The Bertz CT molecular complexity index is 467. The average Bonchev–Trinajstić information content (AvgIpc) is 2.30. The minimum atomic E-state index is -0.736. The van der Waals surface area contributed by atoms with Crippen LogP contribution in [0.25, 0.3) is 0 Å². The van der Waals surface area contributed by atoms with Gasteiger partial charge in [-0.3, -0.25) is 9.59 Å². The minimum absolute atomic E-state index is 0.209. The van der Waals surface area contributed by atoms with Crippen LogP contribution in [-0.2, 0) is 23.9 Å². The maximum atomic E-state index is 12.2. The number of hydrogen-bond donors (Lipinski definition) is 0. The molecular weight excluding hydrogens is 290 g/mol. The lowest BCUT2D eigenvalue weighted by Crippen LogP contribution is -2.67. The van der Waals surface area contributed by atoms with Crippen molar-refractivity contribution in [2.75, 3.05) is 0 Å². The molecule has 0 saturated carbocycles. The van der Waals surface area contributed by atoms with Gasteiger partial charge in [0.1, 0.15) is 18.0 Å². The lowest BCUT2D eigenvalue weighted by atomic mass is 9.81. The van der Waals surface area contributed by atoms with Crippen LogP contribution in [0.1, 0.15) is 47.5 Å². The van der Waals surface area contributed by atoms with Crippen molar-refractivity contribution in [1.82, 2.24) is 4.90 Å². The van der Waals surface area contributed by atoms with Crippen LogP contribution in [0, 0.1) is 5.92 Å². The highest BCUT2D eigenvalue weighted by Crippen LogP contribution is 2.35. The van der Waals surface area contributed by atoms with Gasteiger partial charge in [-0.15, -0.1) is 0 Å². The van der Waals surface area contributed by atoms with Crippen LogP contribution >= 0.6 is 0 Å². The first kappa shape index (κ1) is 18.1. The molecule has 2 amide bonds. The molecule has 0 aliphatic carbocycles. The van der Waals surface area contributed by atoms with Gasteiger partial charge in [0.15, 0.2) is 0 Å². The van der Waals surface area contributed by atoms with E-state index in [1.807, 2.05) is 0 Å². The van der Waals surface area contributed by atoms with Gasteiger partial charge in [0.2, 0.25) is 5.91 Å². The molecule has 0 spiro atoms. The molecule has 1 rings (SSSR count). The highest BCUT2D eigenvalue weighted by Gasteiger charge is 2.54. The van der Waals surface area contributed by atoms with E-state index in [2.05, 4.69) is 0 Å². The SMILES string of the molecule is CC(=O)O[C@H](C)[C@H]1C(=O)N(C(=O)OC(C)(C)C)[C@@H]1CCC=O. The number of β-lactam (4-membered cyclic amide) rings is 1. The lowest BCUT2D eigenvalue weighted by Gasteiger charge is -2.47. The molecule has 1 aliphatic rings. The number of amides is 2. The standard InChI is InChI=1S/C15H23NO6/c1-9(21-10(2)18)12-11(7-6-8-17)16(13(12)19)14(20)22-15(3,4)5/h8-9,11-12H,6-7H2,1-5H3/t9-,11-,12-/m1/s1. The van der Waals surface area contributed by atoms with E-state index in [4.69, 9.17) is 9.47 Å². The quantitative estimate of drug-likeness (QED) is 0.436. The molecule has 1 saturated heterocycles.